The molecule has 2 N–H and O–H groups in total. The summed E-state index contributed by atoms with van der Waals surface area (Å²) in [4.78, 5) is 2.31. The van der Waals surface area contributed by atoms with Crippen LogP contribution in [-0.2, 0) is 5.54 Å². The summed E-state index contributed by atoms with van der Waals surface area (Å²) in [7, 11) is 0. The van der Waals surface area contributed by atoms with Gasteiger partial charge >= 0.3 is 0 Å². The number of nitrogens with zero attached hydrogens (tertiary/aromatic N) is 1. The highest BCUT2D eigenvalue weighted by Crippen LogP contribution is 2.36. The standard InChI is InChI=1S/C26H26N2/c1-20-8-6-12-24(18-20)28(25-13-7-9-21(2)19-25)23-14-16-26(27,17-15-23)22-10-4-3-5-11-22/h3-16,18-19H,17,27H2,1-2H3. The van der Waals surface area contributed by atoms with Crippen LogP contribution in [0.4, 0.5) is 11.4 Å². The molecule has 1 atom stereocenters. The lowest BCUT2D eigenvalue weighted by atomic mass is 9.84. The second-order valence-electron chi connectivity index (χ2n) is 7.59. The molecule has 0 heterocycles. The SMILES string of the molecule is Cc1cccc(N(C2=CCC(N)(c3ccccc3)C=C2)c2cccc(C)c2)c1. The van der Waals surface area contributed by atoms with Crippen molar-refractivity contribution in [1.29, 1.82) is 0 Å². The van der Waals surface area contributed by atoms with Gasteiger partial charge in [0.15, 0.2) is 0 Å². The van der Waals surface area contributed by atoms with E-state index >= 15 is 0 Å². The molecule has 0 aromatic heterocycles. The number of aryl methyl sites for hydroxylation is 2. The number of benzene rings is 3. The normalized spacial score (nSPS) is 18.6. The number of hydrogen-bond donors (Lipinski definition) is 1. The summed E-state index contributed by atoms with van der Waals surface area (Å²) in [6.07, 6.45) is 7.30. The number of hydrogen-bond acceptors (Lipinski definition) is 2. The topological polar surface area (TPSA) is 29.3 Å². The number of rotatable bonds is 4. The van der Waals surface area contributed by atoms with Crippen LogP contribution in [0.3, 0.4) is 0 Å². The minimum atomic E-state index is -0.463. The molecule has 3 aromatic rings. The zero-order valence-corrected chi connectivity index (χ0v) is 16.5. The Hall–Kier alpha value is -3.10. The zero-order chi connectivity index (χ0) is 19.6. The van der Waals surface area contributed by atoms with Gasteiger partial charge in [-0.2, -0.15) is 0 Å². The van der Waals surface area contributed by atoms with E-state index in [0.717, 1.165) is 29.1 Å². The fourth-order valence-electron chi connectivity index (χ4n) is 3.75. The monoisotopic (exact) mass is 366 g/mol. The van der Waals surface area contributed by atoms with Gasteiger partial charge in [0.2, 0.25) is 0 Å². The summed E-state index contributed by atoms with van der Waals surface area (Å²) in [6, 6.07) is 27.5. The maximum absolute atomic E-state index is 6.72. The van der Waals surface area contributed by atoms with E-state index in [9.17, 15) is 0 Å². The van der Waals surface area contributed by atoms with E-state index in [1.807, 2.05) is 18.2 Å². The summed E-state index contributed by atoms with van der Waals surface area (Å²) in [6.45, 7) is 4.26. The Morgan fingerprint density at radius 2 is 1.39 bits per heavy atom. The molecule has 4 rings (SSSR count). The highest BCUT2D eigenvalue weighted by molar-refractivity contribution is 5.71. The molecule has 1 aliphatic carbocycles. The molecule has 0 saturated heterocycles. The first-order valence-corrected chi connectivity index (χ1v) is 9.72. The molecule has 28 heavy (non-hydrogen) atoms. The molecule has 0 spiro atoms. The second kappa shape index (κ2) is 7.49. The average Bonchev–Trinajstić information content (AvgIpc) is 2.71. The lowest BCUT2D eigenvalue weighted by molar-refractivity contribution is 0.562. The minimum Gasteiger partial charge on any atom is -0.318 e. The van der Waals surface area contributed by atoms with E-state index in [-0.39, 0.29) is 0 Å². The van der Waals surface area contributed by atoms with Crippen LogP contribution < -0.4 is 10.6 Å². The van der Waals surface area contributed by atoms with Crippen LogP contribution in [0.1, 0.15) is 23.1 Å². The Morgan fingerprint density at radius 3 is 1.89 bits per heavy atom. The smallest absolute Gasteiger partial charge is 0.0634 e. The highest BCUT2D eigenvalue weighted by atomic mass is 15.1. The van der Waals surface area contributed by atoms with Gasteiger partial charge in [-0.15, -0.1) is 0 Å². The van der Waals surface area contributed by atoms with Crippen LogP contribution in [0.2, 0.25) is 0 Å². The maximum Gasteiger partial charge on any atom is 0.0634 e. The Bertz CT molecular complexity index is 988. The van der Waals surface area contributed by atoms with E-state index in [4.69, 9.17) is 5.73 Å². The fourth-order valence-corrected chi connectivity index (χ4v) is 3.75. The summed E-state index contributed by atoms with van der Waals surface area (Å²) < 4.78 is 0. The van der Waals surface area contributed by atoms with Crippen LogP contribution in [0, 0.1) is 13.8 Å². The van der Waals surface area contributed by atoms with Crippen LogP contribution in [0.5, 0.6) is 0 Å². The van der Waals surface area contributed by atoms with E-state index in [1.54, 1.807) is 0 Å². The first-order chi connectivity index (χ1) is 13.5. The first-order valence-electron chi connectivity index (χ1n) is 9.72. The zero-order valence-electron chi connectivity index (χ0n) is 16.5. The predicted molar refractivity (Wildman–Crippen MR) is 119 cm³/mol. The summed E-state index contributed by atoms with van der Waals surface area (Å²) in [5.41, 5.74) is 13.3. The van der Waals surface area contributed by atoms with Gasteiger partial charge in [0, 0.05) is 17.1 Å². The Labute approximate surface area is 167 Å². The molecule has 0 amide bonds. The van der Waals surface area contributed by atoms with Crippen molar-refractivity contribution >= 4 is 11.4 Å². The number of allylic oxidation sites excluding steroid dienone is 1. The molecule has 1 unspecified atom stereocenters. The Kier molecular flexibility index (Phi) is 4.89. The highest BCUT2D eigenvalue weighted by Gasteiger charge is 2.27. The first kappa shape index (κ1) is 18.3. The number of nitrogens with two attached hydrogens (primary N) is 1. The molecule has 0 fully saturated rings. The third-order valence-electron chi connectivity index (χ3n) is 5.29. The van der Waals surface area contributed by atoms with E-state index in [2.05, 4.69) is 97.6 Å². The summed E-state index contributed by atoms with van der Waals surface area (Å²) in [5.74, 6) is 0. The van der Waals surface area contributed by atoms with Crippen molar-refractivity contribution in [3.05, 3.63) is 119 Å². The third kappa shape index (κ3) is 3.64. The quantitative estimate of drug-likeness (QED) is 0.601. The van der Waals surface area contributed by atoms with Crippen molar-refractivity contribution < 1.29 is 0 Å². The van der Waals surface area contributed by atoms with Crippen molar-refractivity contribution in [1.82, 2.24) is 0 Å². The Balaban J connectivity index is 1.73. The molecular formula is C26H26N2. The van der Waals surface area contributed by atoms with Crippen molar-refractivity contribution in [2.45, 2.75) is 25.8 Å². The Morgan fingerprint density at radius 1 is 0.786 bits per heavy atom. The molecule has 3 aromatic carbocycles. The van der Waals surface area contributed by atoms with Gasteiger partial charge in [-0.05, 0) is 67.3 Å². The van der Waals surface area contributed by atoms with Crippen molar-refractivity contribution in [3.8, 4) is 0 Å². The molecule has 0 bridgehead atoms. The number of anilines is 2. The van der Waals surface area contributed by atoms with Crippen LogP contribution in [-0.4, -0.2) is 0 Å². The van der Waals surface area contributed by atoms with Crippen molar-refractivity contribution in [2.75, 3.05) is 4.90 Å². The maximum atomic E-state index is 6.72. The third-order valence-corrected chi connectivity index (χ3v) is 5.29. The summed E-state index contributed by atoms with van der Waals surface area (Å²) >= 11 is 0. The van der Waals surface area contributed by atoms with Gasteiger partial charge < -0.3 is 10.6 Å². The van der Waals surface area contributed by atoms with Crippen LogP contribution in [0.15, 0.2) is 103 Å². The molecule has 2 nitrogen and oxygen atoms in total. The van der Waals surface area contributed by atoms with Gasteiger partial charge in [-0.1, -0.05) is 66.7 Å². The lowest BCUT2D eigenvalue weighted by Gasteiger charge is -2.33. The summed E-state index contributed by atoms with van der Waals surface area (Å²) in [5, 5.41) is 0. The minimum absolute atomic E-state index is 0.463. The van der Waals surface area contributed by atoms with Gasteiger partial charge in [-0.3, -0.25) is 0 Å². The lowest BCUT2D eigenvalue weighted by Crippen LogP contribution is -2.36. The van der Waals surface area contributed by atoms with E-state index in [1.165, 1.54) is 11.1 Å². The fraction of sp³-hybridized carbons (Fsp3) is 0.154. The van der Waals surface area contributed by atoms with E-state index in [0.29, 0.717) is 0 Å². The molecule has 0 aliphatic heterocycles. The van der Waals surface area contributed by atoms with Crippen LogP contribution >= 0.6 is 0 Å². The van der Waals surface area contributed by atoms with Gasteiger partial charge in [0.25, 0.3) is 0 Å². The van der Waals surface area contributed by atoms with Gasteiger partial charge in [-0.25, -0.2) is 0 Å². The molecule has 2 heteroatoms. The predicted octanol–water partition coefficient (Wildman–Crippen LogP) is 6.14. The second-order valence-corrected chi connectivity index (χ2v) is 7.59. The van der Waals surface area contributed by atoms with Crippen molar-refractivity contribution in [2.24, 2.45) is 5.73 Å². The largest absolute Gasteiger partial charge is 0.318 e. The van der Waals surface area contributed by atoms with Gasteiger partial charge in [0.05, 0.1) is 5.54 Å². The molecule has 0 radical (unpaired) electrons. The molecule has 140 valence electrons. The average molecular weight is 367 g/mol. The van der Waals surface area contributed by atoms with Crippen LogP contribution in [0.25, 0.3) is 0 Å². The molecule has 1 aliphatic rings. The van der Waals surface area contributed by atoms with Crippen molar-refractivity contribution in [3.63, 3.8) is 0 Å². The molecule has 0 saturated carbocycles. The van der Waals surface area contributed by atoms with Gasteiger partial charge in [0.1, 0.15) is 0 Å². The van der Waals surface area contributed by atoms with E-state index < -0.39 is 5.54 Å². The molecular weight excluding hydrogens is 340 g/mol.